The van der Waals surface area contributed by atoms with Gasteiger partial charge in [0.2, 0.25) is 0 Å². The first-order valence-electron chi connectivity index (χ1n) is 5.66. The van der Waals surface area contributed by atoms with Gasteiger partial charge in [-0.3, -0.25) is 4.79 Å². The molecule has 1 aliphatic carbocycles. The van der Waals surface area contributed by atoms with E-state index in [9.17, 15) is 4.79 Å². The quantitative estimate of drug-likeness (QED) is 0.574. The summed E-state index contributed by atoms with van der Waals surface area (Å²) >= 11 is 2.88. The molecule has 1 aromatic rings. The van der Waals surface area contributed by atoms with Gasteiger partial charge in [-0.1, -0.05) is 40.2 Å². The van der Waals surface area contributed by atoms with Crippen molar-refractivity contribution in [3.63, 3.8) is 0 Å². The molecule has 0 saturated heterocycles. The highest BCUT2D eigenvalue weighted by atomic mass is 79.9. The molecule has 2 atom stereocenters. The molecule has 0 aliphatic heterocycles. The highest BCUT2D eigenvalue weighted by Crippen LogP contribution is 2.25. The molecule has 0 aromatic heterocycles. The number of carbonyl (C=O) groups is 2. The third-order valence-corrected chi connectivity index (χ3v) is 2.51. The minimum Gasteiger partial charge on any atom is -0.480 e. The zero-order chi connectivity index (χ0) is 14.8. The van der Waals surface area contributed by atoms with Crippen LogP contribution in [0.1, 0.15) is 18.1 Å². The van der Waals surface area contributed by atoms with Gasteiger partial charge in [0.05, 0.1) is 11.4 Å². The van der Waals surface area contributed by atoms with Crippen molar-refractivity contribution in [1.29, 1.82) is 0 Å². The molecular formula is C13H18BrNO4. The Morgan fingerprint density at radius 2 is 1.89 bits per heavy atom. The van der Waals surface area contributed by atoms with E-state index in [0.717, 1.165) is 6.29 Å². The number of halogens is 1. The van der Waals surface area contributed by atoms with E-state index in [1.165, 1.54) is 24.5 Å². The Labute approximate surface area is 120 Å². The lowest BCUT2D eigenvalue weighted by molar-refractivity contribution is -0.140. The van der Waals surface area contributed by atoms with Crippen LogP contribution in [0.25, 0.3) is 0 Å². The lowest BCUT2D eigenvalue weighted by atomic mass is 10.2. The maximum atomic E-state index is 9.86. The first-order valence-corrected chi connectivity index (χ1v) is 6.79. The Kier molecular flexibility index (Phi) is 9.03. The van der Waals surface area contributed by atoms with Crippen molar-refractivity contribution >= 4 is 28.2 Å². The second-order valence-electron chi connectivity index (χ2n) is 3.87. The van der Waals surface area contributed by atoms with Crippen LogP contribution in [0, 0.1) is 0 Å². The van der Waals surface area contributed by atoms with Gasteiger partial charge in [-0.2, -0.15) is 0 Å². The SMILES string of the molecule is C[C@@H](O)[C@H](N)C(=O)O.O=CCBr.c1ccc2c(c1)C2. The van der Waals surface area contributed by atoms with E-state index < -0.39 is 18.1 Å². The number of aliphatic hydroxyl groups is 1. The number of hydrogen-bond acceptors (Lipinski definition) is 4. The maximum Gasteiger partial charge on any atom is 0.323 e. The van der Waals surface area contributed by atoms with Crippen molar-refractivity contribution in [2.24, 2.45) is 5.73 Å². The average molecular weight is 332 g/mol. The first kappa shape index (κ1) is 17.8. The number of aliphatic hydroxyl groups excluding tert-OH is 1. The topological polar surface area (TPSA) is 101 Å². The predicted octanol–water partition coefficient (Wildman–Crippen LogP) is 0.950. The summed E-state index contributed by atoms with van der Waals surface area (Å²) in [6.07, 6.45) is 1.06. The normalized spacial score (nSPS) is 13.5. The minimum absolute atomic E-state index is 0.451. The molecule has 2 rings (SSSR count). The molecule has 0 saturated carbocycles. The van der Waals surface area contributed by atoms with E-state index in [2.05, 4.69) is 40.2 Å². The summed E-state index contributed by atoms with van der Waals surface area (Å²) in [4.78, 5) is 19.0. The summed E-state index contributed by atoms with van der Waals surface area (Å²) in [5.74, 6) is -1.18. The summed E-state index contributed by atoms with van der Waals surface area (Å²) in [5.41, 5.74) is 7.97. The fourth-order valence-corrected chi connectivity index (χ4v) is 1.04. The fourth-order valence-electron chi connectivity index (χ4n) is 1.04. The van der Waals surface area contributed by atoms with Crippen molar-refractivity contribution in [3.05, 3.63) is 35.4 Å². The summed E-state index contributed by atoms with van der Waals surface area (Å²) in [7, 11) is 0. The third kappa shape index (κ3) is 8.47. The molecule has 1 aromatic carbocycles. The Balaban J connectivity index is 0.000000271. The molecule has 0 radical (unpaired) electrons. The van der Waals surface area contributed by atoms with Gasteiger partial charge in [0.1, 0.15) is 12.3 Å². The number of carboxylic acid groups (broad SMARTS) is 1. The highest BCUT2D eigenvalue weighted by Gasteiger charge is 2.16. The van der Waals surface area contributed by atoms with Gasteiger partial charge >= 0.3 is 5.97 Å². The molecular weight excluding hydrogens is 314 g/mol. The van der Waals surface area contributed by atoms with E-state index in [1.54, 1.807) is 0 Å². The van der Waals surface area contributed by atoms with Crippen LogP contribution in [-0.4, -0.2) is 39.9 Å². The average Bonchev–Trinajstić information content (AvgIpc) is 3.17. The molecule has 106 valence electrons. The zero-order valence-electron chi connectivity index (χ0n) is 10.6. The fraction of sp³-hybridized carbons (Fsp3) is 0.385. The van der Waals surface area contributed by atoms with E-state index in [4.69, 9.17) is 20.7 Å². The van der Waals surface area contributed by atoms with Gasteiger partial charge in [0.15, 0.2) is 0 Å². The van der Waals surface area contributed by atoms with Gasteiger partial charge in [-0.05, 0) is 24.5 Å². The third-order valence-electron chi connectivity index (χ3n) is 2.24. The second kappa shape index (κ2) is 9.66. The summed E-state index contributed by atoms with van der Waals surface area (Å²) in [6.45, 7) is 1.33. The number of fused-ring (bicyclic) bond motifs is 1. The van der Waals surface area contributed by atoms with Crippen LogP contribution in [0.2, 0.25) is 0 Å². The van der Waals surface area contributed by atoms with Gasteiger partial charge in [-0.15, -0.1) is 0 Å². The summed E-state index contributed by atoms with van der Waals surface area (Å²) in [5, 5.41) is 17.0. The summed E-state index contributed by atoms with van der Waals surface area (Å²) in [6, 6.07) is 7.37. The van der Waals surface area contributed by atoms with Crippen molar-refractivity contribution < 1.29 is 19.8 Å². The number of aldehydes is 1. The number of alkyl halides is 1. The van der Waals surface area contributed by atoms with Crippen molar-refractivity contribution in [1.82, 2.24) is 0 Å². The van der Waals surface area contributed by atoms with Gasteiger partial charge in [-0.25, -0.2) is 0 Å². The maximum absolute atomic E-state index is 9.86. The Morgan fingerprint density at radius 1 is 1.47 bits per heavy atom. The molecule has 19 heavy (non-hydrogen) atoms. The number of nitrogens with two attached hydrogens (primary N) is 1. The number of rotatable bonds is 3. The van der Waals surface area contributed by atoms with Gasteiger partial charge in [0.25, 0.3) is 0 Å². The standard InChI is InChI=1S/C7H6.C4H9NO3.C2H3BrO/c1-2-4-7-5-6(7)3-1;1-2(6)3(5)4(7)8;3-1-2-4/h1-4H,5H2;2-3,6H,5H2,1H3,(H,7,8);2H,1H2/t;2-,3+;/m.1./s1. The minimum atomic E-state index is -1.18. The van der Waals surface area contributed by atoms with Crippen LogP contribution in [0.15, 0.2) is 24.3 Å². The monoisotopic (exact) mass is 331 g/mol. The van der Waals surface area contributed by atoms with Crippen molar-refractivity contribution in [2.75, 3.05) is 5.33 Å². The second-order valence-corrected chi connectivity index (χ2v) is 4.52. The zero-order valence-corrected chi connectivity index (χ0v) is 12.2. The van der Waals surface area contributed by atoms with Crippen LogP contribution in [0.5, 0.6) is 0 Å². The molecule has 0 bridgehead atoms. The van der Waals surface area contributed by atoms with E-state index >= 15 is 0 Å². The Bertz CT molecular complexity index is 388. The molecule has 0 fully saturated rings. The lowest BCUT2D eigenvalue weighted by Crippen LogP contribution is -2.39. The van der Waals surface area contributed by atoms with E-state index in [0.29, 0.717) is 5.33 Å². The van der Waals surface area contributed by atoms with Crippen LogP contribution >= 0.6 is 15.9 Å². The van der Waals surface area contributed by atoms with E-state index in [-0.39, 0.29) is 0 Å². The van der Waals surface area contributed by atoms with Crippen LogP contribution in [0.4, 0.5) is 0 Å². The Morgan fingerprint density at radius 3 is 2.05 bits per heavy atom. The summed E-state index contributed by atoms with van der Waals surface area (Å²) < 4.78 is 0. The number of benzene rings is 1. The molecule has 0 spiro atoms. The van der Waals surface area contributed by atoms with Crippen molar-refractivity contribution in [3.8, 4) is 0 Å². The van der Waals surface area contributed by atoms with Gasteiger partial charge in [0, 0.05) is 0 Å². The number of aliphatic carboxylic acids is 1. The number of hydrogen-bond donors (Lipinski definition) is 3. The smallest absolute Gasteiger partial charge is 0.323 e. The predicted molar refractivity (Wildman–Crippen MR) is 76.4 cm³/mol. The molecule has 0 amide bonds. The highest BCUT2D eigenvalue weighted by molar-refractivity contribution is 9.09. The first-order chi connectivity index (χ1) is 8.93. The van der Waals surface area contributed by atoms with E-state index in [1.807, 2.05) is 0 Å². The molecule has 0 unspecified atom stereocenters. The lowest BCUT2D eigenvalue weighted by Gasteiger charge is -2.06. The molecule has 5 nitrogen and oxygen atoms in total. The van der Waals surface area contributed by atoms with Crippen molar-refractivity contribution in [2.45, 2.75) is 25.5 Å². The van der Waals surface area contributed by atoms with Crippen LogP contribution < -0.4 is 5.73 Å². The largest absolute Gasteiger partial charge is 0.480 e. The molecule has 6 heteroatoms. The van der Waals surface area contributed by atoms with Crippen LogP contribution in [0.3, 0.4) is 0 Å². The van der Waals surface area contributed by atoms with Crippen LogP contribution in [-0.2, 0) is 16.0 Å². The molecule has 0 heterocycles. The number of carboxylic acids is 1. The molecule has 4 N–H and O–H groups in total. The number of carbonyl (C=O) groups excluding carboxylic acids is 1. The van der Waals surface area contributed by atoms with Gasteiger partial charge < -0.3 is 20.7 Å². The Hall–Kier alpha value is -1.24. The molecule has 1 aliphatic rings.